The molecule has 3 aliphatic rings. The van der Waals surface area contributed by atoms with Crippen molar-refractivity contribution in [3.63, 3.8) is 0 Å². The first-order chi connectivity index (χ1) is 8.71. The minimum atomic E-state index is 0.200. The van der Waals surface area contributed by atoms with Crippen molar-refractivity contribution in [1.82, 2.24) is 4.90 Å². The van der Waals surface area contributed by atoms with Crippen molar-refractivity contribution < 1.29 is 4.74 Å². The van der Waals surface area contributed by atoms with Crippen LogP contribution in [-0.4, -0.2) is 24.2 Å². The molecule has 0 N–H and O–H groups in total. The summed E-state index contributed by atoms with van der Waals surface area (Å²) in [6, 6.07) is 7.80. The van der Waals surface area contributed by atoms with Crippen molar-refractivity contribution in [3.05, 3.63) is 34.9 Å². The molecule has 2 fully saturated rings. The Balaban J connectivity index is 1.76. The Morgan fingerprint density at radius 1 is 1.28 bits per heavy atom. The highest BCUT2D eigenvalue weighted by Gasteiger charge is 2.51. The van der Waals surface area contributed by atoms with Gasteiger partial charge in [0.05, 0.1) is 18.8 Å². The van der Waals surface area contributed by atoms with Crippen LogP contribution in [0, 0.1) is 0 Å². The van der Waals surface area contributed by atoms with E-state index in [1.165, 1.54) is 18.4 Å². The van der Waals surface area contributed by atoms with Crippen LogP contribution < -0.4 is 0 Å². The number of rotatable bonds is 2. The average Bonchev–Trinajstić information content (AvgIpc) is 3.07. The fraction of sp³-hybridized carbons (Fsp3) is 0.625. The molecule has 4 rings (SSSR count). The fourth-order valence-corrected chi connectivity index (χ4v) is 3.65. The number of hydrogen-bond donors (Lipinski definition) is 0. The molecule has 1 saturated carbocycles. The number of fused-ring (bicyclic) bond motifs is 2. The summed E-state index contributed by atoms with van der Waals surface area (Å²) in [5.74, 6) is 0.858. The summed E-state index contributed by atoms with van der Waals surface area (Å²) in [4.78, 5) is 2.62. The Kier molecular flexibility index (Phi) is 2.19. The van der Waals surface area contributed by atoms with Gasteiger partial charge in [-0.05, 0) is 49.3 Å². The van der Waals surface area contributed by atoms with Gasteiger partial charge in [0, 0.05) is 12.6 Å². The molecule has 1 aromatic carbocycles. The van der Waals surface area contributed by atoms with Crippen LogP contribution in [0.15, 0.2) is 18.2 Å². The van der Waals surface area contributed by atoms with Crippen molar-refractivity contribution >= 4 is 0 Å². The van der Waals surface area contributed by atoms with Gasteiger partial charge in [0.2, 0.25) is 0 Å². The Morgan fingerprint density at radius 2 is 2.06 bits per heavy atom. The Bertz CT molecular complexity index is 486. The molecule has 96 valence electrons. The van der Waals surface area contributed by atoms with E-state index in [2.05, 4.69) is 36.9 Å². The highest BCUT2D eigenvalue weighted by molar-refractivity contribution is 5.44. The summed E-state index contributed by atoms with van der Waals surface area (Å²) in [6.07, 6.45) is 2.78. The summed E-state index contributed by atoms with van der Waals surface area (Å²) in [5.41, 5.74) is 4.85. The lowest BCUT2D eigenvalue weighted by Gasteiger charge is -2.47. The third-order valence-electron chi connectivity index (χ3n) is 4.87. The van der Waals surface area contributed by atoms with Gasteiger partial charge in [0.25, 0.3) is 0 Å². The summed E-state index contributed by atoms with van der Waals surface area (Å²) in [5, 5.41) is 0. The van der Waals surface area contributed by atoms with Crippen LogP contribution in [0.5, 0.6) is 0 Å². The zero-order valence-corrected chi connectivity index (χ0v) is 11.3. The second kappa shape index (κ2) is 3.58. The molecule has 18 heavy (non-hydrogen) atoms. The van der Waals surface area contributed by atoms with Crippen molar-refractivity contribution in [1.29, 1.82) is 0 Å². The maximum Gasteiger partial charge on any atom is 0.0941 e. The van der Waals surface area contributed by atoms with E-state index in [0.29, 0.717) is 6.04 Å². The molecular formula is C16H21NO. The van der Waals surface area contributed by atoms with E-state index in [4.69, 9.17) is 4.74 Å². The lowest BCUT2D eigenvalue weighted by atomic mass is 9.86. The van der Waals surface area contributed by atoms with Crippen LogP contribution in [0.4, 0.5) is 0 Å². The monoisotopic (exact) mass is 243 g/mol. The molecule has 2 nitrogen and oxygen atoms in total. The number of hydrogen-bond acceptors (Lipinski definition) is 2. The quantitative estimate of drug-likeness (QED) is 0.791. The third kappa shape index (κ3) is 1.36. The van der Waals surface area contributed by atoms with Gasteiger partial charge in [0.1, 0.15) is 0 Å². The van der Waals surface area contributed by atoms with Crippen LogP contribution in [0.25, 0.3) is 0 Å². The maximum absolute atomic E-state index is 5.55. The van der Waals surface area contributed by atoms with Gasteiger partial charge in [-0.15, -0.1) is 0 Å². The van der Waals surface area contributed by atoms with Crippen LogP contribution >= 0.6 is 0 Å². The summed E-state index contributed by atoms with van der Waals surface area (Å²) in [6.45, 7) is 7.46. The lowest BCUT2D eigenvalue weighted by Crippen LogP contribution is -2.57. The Hall–Kier alpha value is -0.860. The Labute approximate surface area is 109 Å². The number of benzene rings is 1. The van der Waals surface area contributed by atoms with Crippen LogP contribution in [0.2, 0.25) is 0 Å². The largest absolute Gasteiger partial charge is 0.377 e. The predicted octanol–water partition coefficient (Wildman–Crippen LogP) is 3.01. The molecule has 0 radical (unpaired) electrons. The van der Waals surface area contributed by atoms with Gasteiger partial charge < -0.3 is 4.74 Å². The molecule has 0 bridgehead atoms. The highest BCUT2D eigenvalue weighted by Crippen LogP contribution is 2.48. The molecule has 0 aromatic heterocycles. The number of ether oxygens (including phenoxy) is 1. The molecule has 1 aromatic rings. The van der Waals surface area contributed by atoms with Gasteiger partial charge in [-0.1, -0.05) is 18.2 Å². The van der Waals surface area contributed by atoms with Crippen molar-refractivity contribution in [3.8, 4) is 0 Å². The first-order valence-electron chi connectivity index (χ1n) is 7.18. The fourth-order valence-electron chi connectivity index (χ4n) is 3.65. The minimum absolute atomic E-state index is 0.200. The Morgan fingerprint density at radius 3 is 2.61 bits per heavy atom. The van der Waals surface area contributed by atoms with E-state index >= 15 is 0 Å². The molecule has 2 aliphatic heterocycles. The van der Waals surface area contributed by atoms with Gasteiger partial charge in [-0.3, -0.25) is 4.90 Å². The highest BCUT2D eigenvalue weighted by atomic mass is 16.5. The molecule has 1 aliphatic carbocycles. The summed E-state index contributed by atoms with van der Waals surface area (Å²) in [7, 11) is 0. The van der Waals surface area contributed by atoms with E-state index in [0.717, 1.165) is 25.7 Å². The van der Waals surface area contributed by atoms with Crippen molar-refractivity contribution in [2.45, 2.75) is 50.7 Å². The predicted molar refractivity (Wildman–Crippen MR) is 71.6 cm³/mol. The first-order valence-corrected chi connectivity index (χ1v) is 7.18. The van der Waals surface area contributed by atoms with Gasteiger partial charge >= 0.3 is 0 Å². The lowest BCUT2D eigenvalue weighted by molar-refractivity contribution is -0.149. The molecule has 0 amide bonds. The van der Waals surface area contributed by atoms with E-state index in [-0.39, 0.29) is 5.54 Å². The second-order valence-electron chi connectivity index (χ2n) is 6.44. The first kappa shape index (κ1) is 11.0. The van der Waals surface area contributed by atoms with Crippen LogP contribution in [-0.2, 0) is 16.8 Å². The zero-order chi connectivity index (χ0) is 12.3. The normalized spacial score (nSPS) is 25.5. The van der Waals surface area contributed by atoms with E-state index < -0.39 is 0 Å². The molecular weight excluding hydrogens is 222 g/mol. The topological polar surface area (TPSA) is 12.5 Å². The molecule has 1 spiro atoms. The number of nitrogens with zero attached hydrogens (tertiary/aromatic N) is 1. The van der Waals surface area contributed by atoms with Crippen molar-refractivity contribution in [2.24, 2.45) is 0 Å². The SMILES string of the molecule is CC(C)N1Cc2cc(C3CC3)ccc2C12COC2. The van der Waals surface area contributed by atoms with Gasteiger partial charge in [-0.25, -0.2) is 0 Å². The van der Waals surface area contributed by atoms with Gasteiger partial charge in [-0.2, -0.15) is 0 Å². The second-order valence-corrected chi connectivity index (χ2v) is 6.44. The molecule has 0 unspecified atom stereocenters. The molecule has 2 heteroatoms. The van der Waals surface area contributed by atoms with Gasteiger partial charge in [0.15, 0.2) is 0 Å². The zero-order valence-electron chi connectivity index (χ0n) is 11.3. The van der Waals surface area contributed by atoms with E-state index in [1.807, 2.05) is 0 Å². The van der Waals surface area contributed by atoms with Crippen molar-refractivity contribution in [2.75, 3.05) is 13.2 Å². The van der Waals surface area contributed by atoms with Crippen LogP contribution in [0.1, 0.15) is 49.3 Å². The summed E-state index contributed by atoms with van der Waals surface area (Å²) >= 11 is 0. The standard InChI is InChI=1S/C16H21NO/c1-11(2)17-8-14-7-13(12-3-4-12)5-6-15(14)16(17)9-18-10-16/h5-7,11-12H,3-4,8-10H2,1-2H3. The molecule has 2 heterocycles. The average molecular weight is 243 g/mol. The maximum atomic E-state index is 5.55. The molecule has 0 atom stereocenters. The van der Waals surface area contributed by atoms with E-state index in [9.17, 15) is 0 Å². The van der Waals surface area contributed by atoms with E-state index in [1.54, 1.807) is 11.1 Å². The molecule has 1 saturated heterocycles. The summed E-state index contributed by atoms with van der Waals surface area (Å²) < 4.78 is 5.55. The smallest absolute Gasteiger partial charge is 0.0941 e. The third-order valence-corrected chi connectivity index (χ3v) is 4.87. The minimum Gasteiger partial charge on any atom is -0.377 e. The van der Waals surface area contributed by atoms with Crippen LogP contribution in [0.3, 0.4) is 0 Å².